The number of methoxy groups -OCH3 is 1. The first kappa shape index (κ1) is 13.6. The molecule has 0 fully saturated rings. The smallest absolute Gasteiger partial charge is 0.338 e. The van der Waals surface area contributed by atoms with Gasteiger partial charge in [-0.25, -0.2) is 9.59 Å². The Morgan fingerprint density at radius 2 is 1.95 bits per heavy atom. The summed E-state index contributed by atoms with van der Waals surface area (Å²) in [5.41, 5.74) is 0.979. The number of aliphatic carboxylic acids is 1. The quantitative estimate of drug-likeness (QED) is 0.684. The van der Waals surface area contributed by atoms with E-state index in [0.29, 0.717) is 22.6 Å². The molecule has 0 amide bonds. The zero-order valence-corrected chi connectivity index (χ0v) is 10.7. The third-order valence-corrected chi connectivity index (χ3v) is 2.61. The Morgan fingerprint density at radius 3 is 2.65 bits per heavy atom. The minimum Gasteiger partial charge on any atom is -0.478 e. The molecule has 0 unspecified atom stereocenters. The predicted octanol–water partition coefficient (Wildman–Crippen LogP) is 2.83. The maximum atomic E-state index is 11.7. The van der Waals surface area contributed by atoms with Gasteiger partial charge in [0.25, 0.3) is 0 Å². The number of carbonyl (C=O) groups is 2. The number of hydrogen-bond acceptors (Lipinski definition) is 4. The summed E-state index contributed by atoms with van der Waals surface area (Å²) in [6.45, 7) is 0. The number of esters is 1. The molecule has 1 aromatic carbocycles. The molecule has 1 heterocycles. The molecule has 0 aliphatic rings. The lowest BCUT2D eigenvalue weighted by Gasteiger charge is -2.04. The van der Waals surface area contributed by atoms with E-state index >= 15 is 0 Å². The maximum absolute atomic E-state index is 11.7. The molecule has 0 atom stereocenters. The van der Waals surface area contributed by atoms with Crippen LogP contribution in [0.4, 0.5) is 0 Å². The Kier molecular flexibility index (Phi) is 4.00. The minimum absolute atomic E-state index is 0.387. The molecular weight excluding hydrogens is 260 g/mol. The standard InChI is InChI=1S/C15H12O5/c1-19-15(18)12-5-3-2-4-11(12)13-8-6-10(20-13)7-9-14(16)17/h2-9H,1H3,(H,16,17). The third kappa shape index (κ3) is 2.95. The number of carboxylic acids is 1. The van der Waals surface area contributed by atoms with E-state index in [9.17, 15) is 9.59 Å². The second-order valence-corrected chi connectivity index (χ2v) is 3.91. The lowest BCUT2D eigenvalue weighted by molar-refractivity contribution is -0.131. The van der Waals surface area contributed by atoms with Crippen molar-refractivity contribution in [3.05, 3.63) is 53.8 Å². The van der Waals surface area contributed by atoms with Crippen LogP contribution in [0.1, 0.15) is 16.1 Å². The first-order valence-electron chi connectivity index (χ1n) is 5.80. The van der Waals surface area contributed by atoms with E-state index in [1.165, 1.54) is 13.2 Å². The van der Waals surface area contributed by atoms with Gasteiger partial charge in [0.05, 0.1) is 12.7 Å². The predicted molar refractivity (Wildman–Crippen MR) is 72.2 cm³/mol. The summed E-state index contributed by atoms with van der Waals surface area (Å²) in [5, 5.41) is 8.56. The van der Waals surface area contributed by atoms with Crippen molar-refractivity contribution >= 4 is 18.0 Å². The van der Waals surface area contributed by atoms with Crippen LogP contribution in [-0.4, -0.2) is 24.2 Å². The summed E-state index contributed by atoms with van der Waals surface area (Å²) in [6, 6.07) is 10.2. The largest absolute Gasteiger partial charge is 0.478 e. The molecule has 0 bridgehead atoms. The normalized spacial score (nSPS) is 10.7. The van der Waals surface area contributed by atoms with Crippen molar-refractivity contribution in [1.82, 2.24) is 0 Å². The Hall–Kier alpha value is -2.82. The fraction of sp³-hybridized carbons (Fsp3) is 0.0667. The second-order valence-electron chi connectivity index (χ2n) is 3.91. The van der Waals surface area contributed by atoms with Crippen molar-refractivity contribution in [3.8, 4) is 11.3 Å². The molecule has 102 valence electrons. The first-order chi connectivity index (χ1) is 9.61. The lowest BCUT2D eigenvalue weighted by atomic mass is 10.1. The van der Waals surface area contributed by atoms with Crippen molar-refractivity contribution in [3.63, 3.8) is 0 Å². The summed E-state index contributed by atoms with van der Waals surface area (Å²) < 4.78 is 10.2. The average molecular weight is 272 g/mol. The van der Waals surface area contributed by atoms with Crippen molar-refractivity contribution in [2.75, 3.05) is 7.11 Å². The fourth-order valence-electron chi connectivity index (χ4n) is 1.73. The molecule has 2 rings (SSSR count). The molecule has 20 heavy (non-hydrogen) atoms. The van der Waals surface area contributed by atoms with Crippen molar-refractivity contribution in [2.24, 2.45) is 0 Å². The van der Waals surface area contributed by atoms with Crippen LogP contribution in [0.2, 0.25) is 0 Å². The highest BCUT2D eigenvalue weighted by molar-refractivity contribution is 5.96. The van der Waals surface area contributed by atoms with E-state index in [2.05, 4.69) is 0 Å². The maximum Gasteiger partial charge on any atom is 0.338 e. The zero-order valence-electron chi connectivity index (χ0n) is 10.7. The molecule has 0 aliphatic carbocycles. The highest BCUT2D eigenvalue weighted by Gasteiger charge is 2.14. The summed E-state index contributed by atoms with van der Waals surface area (Å²) in [5.74, 6) is -0.657. The van der Waals surface area contributed by atoms with E-state index < -0.39 is 11.9 Å². The highest BCUT2D eigenvalue weighted by Crippen LogP contribution is 2.26. The van der Waals surface area contributed by atoms with Gasteiger partial charge in [0.1, 0.15) is 11.5 Å². The molecule has 0 saturated carbocycles. The summed E-state index contributed by atoms with van der Waals surface area (Å²) in [7, 11) is 1.31. The number of ether oxygens (including phenoxy) is 1. The van der Waals surface area contributed by atoms with E-state index in [1.54, 1.807) is 36.4 Å². The van der Waals surface area contributed by atoms with Crippen LogP contribution in [0.15, 0.2) is 46.9 Å². The van der Waals surface area contributed by atoms with Gasteiger partial charge >= 0.3 is 11.9 Å². The van der Waals surface area contributed by atoms with Gasteiger partial charge in [0.2, 0.25) is 0 Å². The van der Waals surface area contributed by atoms with Gasteiger partial charge in [0, 0.05) is 11.6 Å². The Morgan fingerprint density at radius 1 is 1.20 bits per heavy atom. The molecule has 0 aliphatic heterocycles. The van der Waals surface area contributed by atoms with Crippen molar-refractivity contribution in [2.45, 2.75) is 0 Å². The topological polar surface area (TPSA) is 76.7 Å². The number of carbonyl (C=O) groups excluding carboxylic acids is 1. The van der Waals surface area contributed by atoms with Gasteiger partial charge in [-0.05, 0) is 24.3 Å². The second kappa shape index (κ2) is 5.88. The van der Waals surface area contributed by atoms with Crippen LogP contribution < -0.4 is 0 Å². The molecule has 0 radical (unpaired) electrons. The SMILES string of the molecule is COC(=O)c1ccccc1-c1ccc(C=CC(=O)O)o1. The van der Waals surface area contributed by atoms with E-state index in [1.807, 2.05) is 0 Å². The van der Waals surface area contributed by atoms with Gasteiger partial charge in [-0.3, -0.25) is 0 Å². The Bertz CT molecular complexity index is 666. The van der Waals surface area contributed by atoms with E-state index in [-0.39, 0.29) is 0 Å². The average Bonchev–Trinajstić information content (AvgIpc) is 2.93. The van der Waals surface area contributed by atoms with E-state index in [4.69, 9.17) is 14.3 Å². The van der Waals surface area contributed by atoms with Gasteiger partial charge in [-0.15, -0.1) is 0 Å². The van der Waals surface area contributed by atoms with Crippen molar-refractivity contribution in [1.29, 1.82) is 0 Å². The number of hydrogen-bond donors (Lipinski definition) is 1. The van der Waals surface area contributed by atoms with Gasteiger partial charge in [-0.1, -0.05) is 18.2 Å². The summed E-state index contributed by atoms with van der Waals surface area (Å²) in [4.78, 5) is 22.1. The molecule has 5 heteroatoms. The third-order valence-electron chi connectivity index (χ3n) is 2.61. The van der Waals surface area contributed by atoms with Crippen LogP contribution in [0, 0.1) is 0 Å². The van der Waals surface area contributed by atoms with Crippen LogP contribution in [0.25, 0.3) is 17.4 Å². The Balaban J connectivity index is 2.38. The first-order valence-corrected chi connectivity index (χ1v) is 5.80. The molecule has 0 spiro atoms. The highest BCUT2D eigenvalue weighted by atomic mass is 16.5. The molecule has 2 aromatic rings. The molecular formula is C15H12O5. The van der Waals surface area contributed by atoms with Crippen LogP contribution in [0.5, 0.6) is 0 Å². The zero-order chi connectivity index (χ0) is 14.5. The van der Waals surface area contributed by atoms with Gasteiger partial charge < -0.3 is 14.3 Å². The summed E-state index contributed by atoms with van der Waals surface area (Å²) >= 11 is 0. The summed E-state index contributed by atoms with van der Waals surface area (Å²) in [6.07, 6.45) is 2.32. The monoisotopic (exact) mass is 272 g/mol. The molecule has 5 nitrogen and oxygen atoms in total. The molecule has 0 saturated heterocycles. The van der Waals surface area contributed by atoms with E-state index in [0.717, 1.165) is 6.08 Å². The Labute approximate surface area is 115 Å². The van der Waals surface area contributed by atoms with Crippen LogP contribution in [0.3, 0.4) is 0 Å². The lowest BCUT2D eigenvalue weighted by Crippen LogP contribution is -2.02. The number of furan rings is 1. The number of rotatable bonds is 4. The van der Waals surface area contributed by atoms with Gasteiger partial charge in [0.15, 0.2) is 0 Å². The number of carboxylic acid groups (broad SMARTS) is 1. The van der Waals surface area contributed by atoms with Crippen molar-refractivity contribution < 1.29 is 23.8 Å². The number of benzene rings is 1. The molecule has 1 N–H and O–H groups in total. The minimum atomic E-state index is -1.06. The van der Waals surface area contributed by atoms with Gasteiger partial charge in [-0.2, -0.15) is 0 Å². The van der Waals surface area contributed by atoms with Crippen LogP contribution >= 0.6 is 0 Å². The fourth-order valence-corrected chi connectivity index (χ4v) is 1.73. The molecule has 1 aromatic heterocycles. The van der Waals surface area contributed by atoms with Crippen LogP contribution in [-0.2, 0) is 9.53 Å².